The molecule has 0 bridgehead atoms. The molecule has 0 atom stereocenters. The monoisotopic (exact) mass is 335 g/mol. The molecule has 0 aliphatic carbocycles. The van der Waals surface area contributed by atoms with E-state index in [0.717, 1.165) is 6.07 Å². The molecule has 1 N–H and O–H groups in total. The van der Waals surface area contributed by atoms with Crippen LogP contribution in [0, 0.1) is 11.6 Å². The summed E-state index contributed by atoms with van der Waals surface area (Å²) in [6.45, 7) is -0.582. The summed E-state index contributed by atoms with van der Waals surface area (Å²) < 4.78 is 36.4. The van der Waals surface area contributed by atoms with Gasteiger partial charge in [-0.3, -0.25) is 4.79 Å². The molecule has 2 rings (SSSR count). The number of methoxy groups -OCH3 is 1. The predicted octanol–water partition coefficient (Wildman–Crippen LogP) is 2.45. The Morgan fingerprint density at radius 2 is 1.83 bits per heavy atom. The Morgan fingerprint density at radius 3 is 2.50 bits per heavy atom. The number of hydrogen-bond acceptors (Lipinski definition) is 4. The Balaban J connectivity index is 1.84. The van der Waals surface area contributed by atoms with Crippen LogP contribution in [0.3, 0.4) is 0 Å². The second-order valence-corrected chi connectivity index (χ2v) is 4.79. The summed E-state index contributed by atoms with van der Waals surface area (Å²) in [6.07, 6.45) is 0. The molecule has 5 nitrogen and oxygen atoms in total. The number of hydrogen-bond donors (Lipinski definition) is 1. The van der Waals surface area contributed by atoms with E-state index in [1.807, 2.05) is 0 Å². The van der Waals surface area contributed by atoms with Crippen LogP contribution in [0.25, 0.3) is 0 Å². The van der Waals surface area contributed by atoms with Crippen molar-refractivity contribution in [3.63, 3.8) is 0 Å². The lowest BCUT2D eigenvalue weighted by atomic mass is 10.2. The Bertz CT molecular complexity index is 749. The van der Waals surface area contributed by atoms with Gasteiger partial charge in [0, 0.05) is 12.1 Å². The number of carbonyl (C=O) groups excluding carboxylic acids is 2. The zero-order valence-electron chi connectivity index (χ0n) is 12.8. The highest BCUT2D eigenvalue weighted by Crippen LogP contribution is 2.18. The number of carbonyl (C=O) groups is 2. The fourth-order valence-corrected chi connectivity index (χ4v) is 1.89. The van der Waals surface area contributed by atoms with Crippen molar-refractivity contribution in [1.82, 2.24) is 5.32 Å². The number of amides is 1. The van der Waals surface area contributed by atoms with E-state index >= 15 is 0 Å². The van der Waals surface area contributed by atoms with E-state index in [-0.39, 0.29) is 17.9 Å². The Morgan fingerprint density at radius 1 is 1.08 bits per heavy atom. The summed E-state index contributed by atoms with van der Waals surface area (Å²) in [7, 11) is 1.30. The summed E-state index contributed by atoms with van der Waals surface area (Å²) in [5.74, 6) is -2.60. The molecular formula is C17H15F2NO4. The molecule has 0 aliphatic heterocycles. The molecule has 0 spiro atoms. The first-order chi connectivity index (χ1) is 11.5. The minimum atomic E-state index is -0.849. The second kappa shape index (κ2) is 8.05. The lowest BCUT2D eigenvalue weighted by Crippen LogP contribution is -2.28. The maximum absolute atomic E-state index is 13.5. The van der Waals surface area contributed by atoms with E-state index in [4.69, 9.17) is 9.47 Å². The van der Waals surface area contributed by atoms with Gasteiger partial charge in [-0.15, -0.1) is 0 Å². The van der Waals surface area contributed by atoms with E-state index in [2.05, 4.69) is 5.32 Å². The zero-order chi connectivity index (χ0) is 17.5. The van der Waals surface area contributed by atoms with Crippen LogP contribution in [-0.2, 0) is 16.1 Å². The minimum absolute atomic E-state index is 0.00539. The van der Waals surface area contributed by atoms with Crippen LogP contribution >= 0.6 is 0 Å². The number of nitrogens with one attached hydrogen (secondary N) is 1. The molecule has 0 saturated carbocycles. The van der Waals surface area contributed by atoms with Crippen LogP contribution in [0.1, 0.15) is 15.9 Å². The molecular weight excluding hydrogens is 320 g/mol. The number of halogens is 2. The van der Waals surface area contributed by atoms with Gasteiger partial charge in [-0.2, -0.15) is 0 Å². The fraction of sp³-hybridized carbons (Fsp3) is 0.176. The topological polar surface area (TPSA) is 64.6 Å². The highest BCUT2D eigenvalue weighted by atomic mass is 19.1. The van der Waals surface area contributed by atoms with Gasteiger partial charge in [0.1, 0.15) is 5.82 Å². The normalized spacial score (nSPS) is 10.1. The number of esters is 1. The van der Waals surface area contributed by atoms with Gasteiger partial charge in [0.05, 0.1) is 12.7 Å². The van der Waals surface area contributed by atoms with E-state index in [1.54, 1.807) is 6.07 Å². The van der Waals surface area contributed by atoms with E-state index in [0.29, 0.717) is 5.56 Å². The van der Waals surface area contributed by atoms with Crippen LogP contribution in [0.4, 0.5) is 8.78 Å². The van der Waals surface area contributed by atoms with Crippen LogP contribution in [-0.4, -0.2) is 25.6 Å². The van der Waals surface area contributed by atoms with E-state index in [9.17, 15) is 18.4 Å². The van der Waals surface area contributed by atoms with Gasteiger partial charge in [0.2, 0.25) is 0 Å². The second-order valence-electron chi connectivity index (χ2n) is 4.79. The van der Waals surface area contributed by atoms with Gasteiger partial charge in [0.25, 0.3) is 5.91 Å². The molecule has 7 heteroatoms. The van der Waals surface area contributed by atoms with Crippen molar-refractivity contribution >= 4 is 11.9 Å². The number of benzene rings is 2. The SMILES string of the molecule is COc1ccc(C(=O)OCC(=O)NCc2ccccc2F)cc1F. The van der Waals surface area contributed by atoms with Gasteiger partial charge >= 0.3 is 5.97 Å². The van der Waals surface area contributed by atoms with Crippen LogP contribution < -0.4 is 10.1 Å². The van der Waals surface area contributed by atoms with Gasteiger partial charge in [-0.1, -0.05) is 18.2 Å². The molecule has 126 valence electrons. The Hall–Kier alpha value is -2.96. The highest BCUT2D eigenvalue weighted by molar-refractivity contribution is 5.91. The molecule has 0 aliphatic rings. The average Bonchev–Trinajstić information content (AvgIpc) is 2.58. The van der Waals surface area contributed by atoms with E-state index < -0.39 is 30.1 Å². The largest absolute Gasteiger partial charge is 0.494 e. The molecule has 0 unspecified atom stereocenters. The Labute approximate surface area is 137 Å². The number of rotatable bonds is 6. The van der Waals surface area contributed by atoms with Crippen molar-refractivity contribution in [2.75, 3.05) is 13.7 Å². The summed E-state index contributed by atoms with van der Waals surface area (Å²) in [6, 6.07) is 9.55. The molecule has 0 radical (unpaired) electrons. The first-order valence-electron chi connectivity index (χ1n) is 7.02. The molecule has 0 saturated heterocycles. The van der Waals surface area contributed by atoms with Crippen molar-refractivity contribution < 1.29 is 27.8 Å². The lowest BCUT2D eigenvalue weighted by molar-refractivity contribution is -0.124. The first-order valence-corrected chi connectivity index (χ1v) is 7.02. The summed E-state index contributed by atoms with van der Waals surface area (Å²) in [4.78, 5) is 23.4. The van der Waals surface area contributed by atoms with Gasteiger partial charge in [-0.25, -0.2) is 13.6 Å². The molecule has 24 heavy (non-hydrogen) atoms. The van der Waals surface area contributed by atoms with Crippen LogP contribution in [0.2, 0.25) is 0 Å². The van der Waals surface area contributed by atoms with Crippen LogP contribution in [0.5, 0.6) is 5.75 Å². The molecule has 2 aromatic carbocycles. The maximum Gasteiger partial charge on any atom is 0.338 e. The highest BCUT2D eigenvalue weighted by Gasteiger charge is 2.13. The van der Waals surface area contributed by atoms with Crippen molar-refractivity contribution in [3.8, 4) is 5.75 Å². The average molecular weight is 335 g/mol. The predicted molar refractivity (Wildman–Crippen MR) is 81.5 cm³/mol. The summed E-state index contributed by atoms with van der Waals surface area (Å²) >= 11 is 0. The van der Waals surface area contributed by atoms with E-state index in [1.165, 1.54) is 37.4 Å². The van der Waals surface area contributed by atoms with Gasteiger partial charge in [-0.05, 0) is 24.3 Å². The molecule has 0 heterocycles. The summed E-state index contributed by atoms with van der Waals surface area (Å²) in [5.41, 5.74) is 0.268. The molecule has 1 amide bonds. The molecule has 0 fully saturated rings. The van der Waals surface area contributed by atoms with Gasteiger partial charge in [0.15, 0.2) is 18.2 Å². The van der Waals surface area contributed by atoms with Crippen molar-refractivity contribution in [1.29, 1.82) is 0 Å². The molecule has 0 aromatic heterocycles. The quantitative estimate of drug-likeness (QED) is 0.824. The van der Waals surface area contributed by atoms with Crippen molar-refractivity contribution in [2.24, 2.45) is 0 Å². The third-order valence-corrected chi connectivity index (χ3v) is 3.16. The zero-order valence-corrected chi connectivity index (χ0v) is 12.8. The van der Waals surface area contributed by atoms with Crippen LogP contribution in [0.15, 0.2) is 42.5 Å². The standard InChI is InChI=1S/C17H15F2NO4/c1-23-15-7-6-11(8-14(15)19)17(22)24-10-16(21)20-9-12-4-2-3-5-13(12)18/h2-8H,9-10H2,1H3,(H,20,21). The first kappa shape index (κ1) is 17.4. The van der Waals surface area contributed by atoms with Crippen molar-refractivity contribution in [2.45, 2.75) is 6.54 Å². The third kappa shape index (κ3) is 4.52. The third-order valence-electron chi connectivity index (χ3n) is 3.16. The number of ether oxygens (including phenoxy) is 2. The Kier molecular flexibility index (Phi) is 5.83. The van der Waals surface area contributed by atoms with Gasteiger partial charge < -0.3 is 14.8 Å². The van der Waals surface area contributed by atoms with Crippen molar-refractivity contribution in [3.05, 3.63) is 65.2 Å². The maximum atomic E-state index is 13.5. The fourth-order valence-electron chi connectivity index (χ4n) is 1.89. The smallest absolute Gasteiger partial charge is 0.338 e. The summed E-state index contributed by atoms with van der Waals surface area (Å²) in [5, 5.41) is 2.43. The molecule has 2 aromatic rings. The lowest BCUT2D eigenvalue weighted by Gasteiger charge is -2.08. The minimum Gasteiger partial charge on any atom is -0.494 e.